The minimum atomic E-state index is -3.93. The Labute approximate surface area is 202 Å². The molecule has 1 aliphatic rings. The molecule has 35 heavy (non-hydrogen) atoms. The van der Waals surface area contributed by atoms with Crippen molar-refractivity contribution in [1.29, 1.82) is 0 Å². The van der Waals surface area contributed by atoms with Gasteiger partial charge >= 0.3 is 12.0 Å². The van der Waals surface area contributed by atoms with Crippen LogP contribution in [-0.2, 0) is 26.0 Å². The van der Waals surface area contributed by atoms with Crippen molar-refractivity contribution >= 4 is 33.6 Å². The van der Waals surface area contributed by atoms with Gasteiger partial charge < -0.3 is 10.1 Å². The molecule has 2 N–H and O–H groups in total. The third-order valence-corrected chi connectivity index (χ3v) is 7.34. The zero-order valence-corrected chi connectivity index (χ0v) is 19.6. The zero-order valence-electron chi connectivity index (χ0n) is 18.8. The Hall–Kier alpha value is -4.18. The molecule has 3 aromatic carbocycles. The molecule has 0 spiro atoms. The number of urea groups is 1. The fourth-order valence-electron chi connectivity index (χ4n) is 3.78. The largest absolute Gasteiger partial charge is 0.444 e. The Bertz CT molecular complexity index is 1370. The van der Waals surface area contributed by atoms with Crippen molar-refractivity contribution in [3.05, 3.63) is 95.6 Å². The van der Waals surface area contributed by atoms with Gasteiger partial charge in [-0.05, 0) is 36.2 Å². The van der Waals surface area contributed by atoms with Gasteiger partial charge in [-0.15, -0.1) is 0 Å². The average Bonchev–Trinajstić information content (AvgIpc) is 3.32. The van der Waals surface area contributed by atoms with E-state index in [0.29, 0.717) is 24.2 Å². The summed E-state index contributed by atoms with van der Waals surface area (Å²) in [7, 11) is -2.59. The van der Waals surface area contributed by atoms with Crippen LogP contribution >= 0.6 is 0 Å². The number of hydrogen-bond donors (Lipinski definition) is 2. The van der Waals surface area contributed by atoms with E-state index in [1.807, 2.05) is 12.1 Å². The molecule has 1 aliphatic heterocycles. The number of nitrogens with one attached hydrogen (secondary N) is 2. The number of ether oxygens (including phenoxy) is 1. The Balaban J connectivity index is 1.60. The Morgan fingerprint density at radius 1 is 0.943 bits per heavy atom. The summed E-state index contributed by atoms with van der Waals surface area (Å²) in [5, 5.41) is 4.36. The molecule has 0 fully saturated rings. The molecular formula is C25H23N3O6S. The molecule has 1 heterocycles. The SMILES string of the molecule is CNC(=O)NC(=O)[C@H](OC(=O)c1cccc(S(=O)(=O)N2CCc3ccccc32)c1)c1ccccc1. The Kier molecular flexibility index (Phi) is 6.83. The number of benzene rings is 3. The summed E-state index contributed by atoms with van der Waals surface area (Å²) in [6.45, 7) is 0.298. The van der Waals surface area contributed by atoms with Crippen LogP contribution in [0.3, 0.4) is 0 Å². The fraction of sp³-hybridized carbons (Fsp3) is 0.160. The van der Waals surface area contributed by atoms with Gasteiger partial charge in [-0.25, -0.2) is 18.0 Å². The van der Waals surface area contributed by atoms with E-state index in [-0.39, 0.29) is 10.5 Å². The van der Waals surface area contributed by atoms with Crippen LogP contribution in [0, 0.1) is 0 Å². The van der Waals surface area contributed by atoms with Crippen molar-refractivity contribution in [2.45, 2.75) is 17.4 Å². The van der Waals surface area contributed by atoms with Crippen molar-refractivity contribution in [1.82, 2.24) is 10.6 Å². The molecule has 3 aromatic rings. The van der Waals surface area contributed by atoms with E-state index in [2.05, 4.69) is 10.6 Å². The predicted molar refractivity (Wildman–Crippen MR) is 128 cm³/mol. The van der Waals surface area contributed by atoms with Crippen LogP contribution in [0.5, 0.6) is 0 Å². The van der Waals surface area contributed by atoms with Crippen molar-refractivity contribution in [2.24, 2.45) is 0 Å². The van der Waals surface area contributed by atoms with Gasteiger partial charge in [0.05, 0.1) is 16.1 Å². The van der Waals surface area contributed by atoms with Crippen LogP contribution in [0.1, 0.15) is 27.6 Å². The lowest BCUT2D eigenvalue weighted by Crippen LogP contribution is -2.41. The first kappa shape index (κ1) is 24.0. The van der Waals surface area contributed by atoms with Gasteiger partial charge in [0.1, 0.15) is 0 Å². The monoisotopic (exact) mass is 493 g/mol. The second kappa shape index (κ2) is 9.98. The summed E-state index contributed by atoms with van der Waals surface area (Å²) in [5.74, 6) is -1.76. The van der Waals surface area contributed by atoms with Crippen LogP contribution in [0.4, 0.5) is 10.5 Å². The molecular weight excluding hydrogens is 470 g/mol. The minimum absolute atomic E-state index is 0.0489. The maximum atomic E-state index is 13.3. The quantitative estimate of drug-likeness (QED) is 0.510. The number of fused-ring (bicyclic) bond motifs is 1. The standard InChI is InChI=1S/C25H23N3O6S/c1-26-25(31)27-23(29)22(18-9-3-2-4-10-18)34-24(30)19-11-7-12-20(16-19)35(32,33)28-15-14-17-8-5-6-13-21(17)28/h2-13,16,22H,14-15H2,1H3,(H2,26,27,29,31)/t22-/m1/s1. The van der Waals surface area contributed by atoms with E-state index in [1.165, 1.54) is 35.6 Å². The van der Waals surface area contributed by atoms with E-state index in [4.69, 9.17) is 4.74 Å². The number of nitrogens with zero attached hydrogens (tertiary/aromatic N) is 1. The number of hydrogen-bond acceptors (Lipinski definition) is 6. The van der Waals surface area contributed by atoms with E-state index < -0.39 is 34.0 Å². The van der Waals surface area contributed by atoms with Crippen LogP contribution in [0.15, 0.2) is 83.8 Å². The Morgan fingerprint density at radius 3 is 2.40 bits per heavy atom. The van der Waals surface area contributed by atoms with Crippen LogP contribution < -0.4 is 14.9 Å². The van der Waals surface area contributed by atoms with E-state index >= 15 is 0 Å². The molecule has 0 radical (unpaired) electrons. The molecule has 180 valence electrons. The van der Waals surface area contributed by atoms with Crippen molar-refractivity contribution in [2.75, 3.05) is 17.9 Å². The predicted octanol–water partition coefficient (Wildman–Crippen LogP) is 2.79. The number of para-hydroxylation sites is 1. The Morgan fingerprint density at radius 2 is 1.66 bits per heavy atom. The van der Waals surface area contributed by atoms with Crippen LogP contribution in [0.2, 0.25) is 0 Å². The highest BCUT2D eigenvalue weighted by Crippen LogP contribution is 2.33. The van der Waals surface area contributed by atoms with Crippen molar-refractivity contribution in [3.8, 4) is 0 Å². The molecule has 0 aromatic heterocycles. The van der Waals surface area contributed by atoms with Gasteiger partial charge in [-0.1, -0.05) is 54.6 Å². The van der Waals surface area contributed by atoms with E-state index in [1.54, 1.807) is 42.5 Å². The van der Waals surface area contributed by atoms with Crippen molar-refractivity contribution in [3.63, 3.8) is 0 Å². The number of anilines is 1. The fourth-order valence-corrected chi connectivity index (χ4v) is 5.33. The second-order valence-corrected chi connectivity index (χ2v) is 9.61. The smallest absolute Gasteiger partial charge is 0.339 e. The van der Waals surface area contributed by atoms with E-state index in [0.717, 1.165) is 5.56 Å². The van der Waals surface area contributed by atoms with Crippen LogP contribution in [0.25, 0.3) is 0 Å². The number of rotatable bonds is 6. The van der Waals surface area contributed by atoms with Gasteiger partial charge in [-0.3, -0.25) is 14.4 Å². The topological polar surface area (TPSA) is 122 Å². The third-order valence-electron chi connectivity index (χ3n) is 5.53. The lowest BCUT2D eigenvalue weighted by Gasteiger charge is -2.20. The summed E-state index contributed by atoms with van der Waals surface area (Å²) in [5.41, 5.74) is 1.84. The lowest BCUT2D eigenvalue weighted by atomic mass is 10.1. The minimum Gasteiger partial charge on any atom is -0.444 e. The maximum absolute atomic E-state index is 13.3. The molecule has 4 rings (SSSR count). The average molecular weight is 494 g/mol. The summed E-state index contributed by atoms with van der Waals surface area (Å²) in [4.78, 5) is 37.2. The highest BCUT2D eigenvalue weighted by Gasteiger charge is 2.32. The number of carbonyl (C=O) groups is 3. The number of carbonyl (C=O) groups excluding carboxylic acids is 3. The van der Waals surface area contributed by atoms with Crippen LogP contribution in [-0.4, -0.2) is 39.9 Å². The van der Waals surface area contributed by atoms with E-state index in [9.17, 15) is 22.8 Å². The molecule has 0 saturated carbocycles. The summed E-state index contributed by atoms with van der Waals surface area (Å²) in [6, 6.07) is 20.1. The summed E-state index contributed by atoms with van der Waals surface area (Å²) < 4.78 is 33.4. The zero-order chi connectivity index (χ0) is 25.0. The molecule has 10 heteroatoms. The number of sulfonamides is 1. The number of imide groups is 1. The molecule has 0 aliphatic carbocycles. The highest BCUT2D eigenvalue weighted by atomic mass is 32.2. The molecule has 0 saturated heterocycles. The normalized spacial score (nSPS) is 13.5. The molecule has 0 bridgehead atoms. The van der Waals surface area contributed by atoms with Gasteiger partial charge in [0.2, 0.25) is 6.10 Å². The first-order chi connectivity index (χ1) is 16.8. The highest BCUT2D eigenvalue weighted by molar-refractivity contribution is 7.92. The summed E-state index contributed by atoms with van der Waals surface area (Å²) in [6.07, 6.45) is -0.831. The number of amides is 3. The van der Waals surface area contributed by atoms with Gasteiger partial charge in [0.15, 0.2) is 0 Å². The lowest BCUT2D eigenvalue weighted by molar-refractivity contribution is -0.129. The molecule has 0 unspecified atom stereocenters. The summed E-state index contributed by atoms with van der Waals surface area (Å²) >= 11 is 0. The molecule has 9 nitrogen and oxygen atoms in total. The first-order valence-corrected chi connectivity index (χ1v) is 12.2. The third kappa shape index (κ3) is 5.02. The number of esters is 1. The second-order valence-electron chi connectivity index (χ2n) is 7.75. The first-order valence-electron chi connectivity index (χ1n) is 10.8. The van der Waals surface area contributed by atoms with Gasteiger partial charge in [0.25, 0.3) is 15.9 Å². The van der Waals surface area contributed by atoms with Gasteiger partial charge in [0, 0.05) is 19.2 Å². The molecule has 3 amide bonds. The molecule has 1 atom stereocenters. The van der Waals surface area contributed by atoms with Gasteiger partial charge in [-0.2, -0.15) is 0 Å². The maximum Gasteiger partial charge on any atom is 0.339 e. The van der Waals surface area contributed by atoms with Crippen molar-refractivity contribution < 1.29 is 27.5 Å².